The summed E-state index contributed by atoms with van der Waals surface area (Å²) in [4.78, 5) is 11.3. The van der Waals surface area contributed by atoms with Gasteiger partial charge in [0.2, 0.25) is 5.91 Å². The molecular weight excluding hydrogens is 336 g/mol. The lowest BCUT2D eigenvalue weighted by atomic mass is 10.3. The van der Waals surface area contributed by atoms with Crippen molar-refractivity contribution in [3.05, 3.63) is 26.8 Å². The molecule has 0 saturated heterocycles. The van der Waals surface area contributed by atoms with E-state index in [-0.39, 0.29) is 5.91 Å². The van der Waals surface area contributed by atoms with Crippen LogP contribution in [0.5, 0.6) is 0 Å². The van der Waals surface area contributed by atoms with Crippen LogP contribution in [0.1, 0.15) is 6.92 Å². The fourth-order valence-corrected chi connectivity index (χ4v) is 1.54. The number of hydrogen-bond donors (Lipinski definition) is 1. The molecule has 1 aromatic carbocycles. The second-order valence-corrected chi connectivity index (χ2v) is 5.04. The van der Waals surface area contributed by atoms with Gasteiger partial charge in [-0.15, -0.1) is 11.6 Å². The molecule has 0 aliphatic carbocycles. The summed E-state index contributed by atoms with van der Waals surface area (Å²) in [5.74, 6) is -0.254. The summed E-state index contributed by atoms with van der Waals surface area (Å²) >= 11 is 13.6. The molecule has 76 valence electrons. The summed E-state index contributed by atoms with van der Waals surface area (Å²) in [5.41, 5.74) is 0.594. The van der Waals surface area contributed by atoms with Crippen molar-refractivity contribution in [1.82, 2.24) is 0 Å². The van der Waals surface area contributed by atoms with Crippen LogP contribution in [0.2, 0.25) is 5.02 Å². The number of halogens is 3. The molecule has 0 bridgehead atoms. The summed E-state index contributed by atoms with van der Waals surface area (Å²) < 4.78 is 1.00. The van der Waals surface area contributed by atoms with Crippen LogP contribution in [-0.4, -0.2) is 11.3 Å². The van der Waals surface area contributed by atoms with Crippen molar-refractivity contribution in [3.63, 3.8) is 0 Å². The smallest absolute Gasteiger partial charge is 0.242 e. The van der Waals surface area contributed by atoms with E-state index in [4.69, 9.17) is 23.2 Å². The molecule has 14 heavy (non-hydrogen) atoms. The third-order valence-corrected chi connectivity index (χ3v) is 2.75. The first-order chi connectivity index (χ1) is 6.50. The van der Waals surface area contributed by atoms with Crippen molar-refractivity contribution in [3.8, 4) is 0 Å². The van der Waals surface area contributed by atoms with E-state index < -0.39 is 5.38 Å². The number of alkyl halides is 1. The molecule has 1 aromatic rings. The van der Waals surface area contributed by atoms with E-state index in [0.29, 0.717) is 10.7 Å². The average molecular weight is 344 g/mol. The minimum absolute atomic E-state index is 0.254. The fourth-order valence-electron chi connectivity index (χ4n) is 0.825. The predicted octanol–water partition coefficient (Wildman–Crippen LogP) is 3.51. The van der Waals surface area contributed by atoms with Crippen LogP contribution in [0.25, 0.3) is 0 Å². The summed E-state index contributed by atoms with van der Waals surface area (Å²) in [7, 11) is 0. The Bertz CT molecular complexity index is 355. The lowest BCUT2D eigenvalue weighted by Crippen LogP contribution is -2.20. The third-order valence-electron chi connectivity index (χ3n) is 1.55. The molecule has 0 radical (unpaired) electrons. The molecular formula is C9H8Cl2INO. The maximum atomic E-state index is 11.3. The van der Waals surface area contributed by atoms with Gasteiger partial charge in [-0.25, -0.2) is 0 Å². The van der Waals surface area contributed by atoms with Crippen molar-refractivity contribution < 1.29 is 4.79 Å². The van der Waals surface area contributed by atoms with Crippen molar-refractivity contribution in [2.75, 3.05) is 5.32 Å². The molecule has 1 atom stereocenters. The Labute approximate surface area is 106 Å². The largest absolute Gasteiger partial charge is 0.323 e. The Kier molecular flexibility index (Phi) is 4.47. The van der Waals surface area contributed by atoms with Gasteiger partial charge in [-0.3, -0.25) is 4.79 Å². The average Bonchev–Trinajstić information content (AvgIpc) is 2.11. The summed E-state index contributed by atoms with van der Waals surface area (Å²) in [6, 6.07) is 5.39. The molecule has 1 unspecified atom stereocenters. The lowest BCUT2D eigenvalue weighted by molar-refractivity contribution is -0.115. The Morgan fingerprint density at radius 1 is 1.57 bits per heavy atom. The van der Waals surface area contributed by atoms with Crippen molar-refractivity contribution >= 4 is 57.4 Å². The highest BCUT2D eigenvalue weighted by molar-refractivity contribution is 14.1. The Hall–Kier alpha value is -0.0000000000000000555. The first-order valence-electron chi connectivity index (χ1n) is 3.90. The summed E-state index contributed by atoms with van der Waals surface area (Å²) in [6.45, 7) is 1.61. The van der Waals surface area contributed by atoms with Gasteiger partial charge in [0.15, 0.2) is 0 Å². The van der Waals surface area contributed by atoms with Gasteiger partial charge >= 0.3 is 0 Å². The van der Waals surface area contributed by atoms with E-state index >= 15 is 0 Å². The molecule has 2 nitrogen and oxygen atoms in total. The lowest BCUT2D eigenvalue weighted by Gasteiger charge is -2.08. The Balaban J connectivity index is 2.86. The number of rotatable bonds is 2. The number of hydrogen-bond acceptors (Lipinski definition) is 1. The monoisotopic (exact) mass is 343 g/mol. The van der Waals surface area contributed by atoms with Crippen LogP contribution in [0.3, 0.4) is 0 Å². The van der Waals surface area contributed by atoms with E-state index in [2.05, 4.69) is 27.9 Å². The van der Waals surface area contributed by atoms with Gasteiger partial charge in [0.05, 0.1) is 10.7 Å². The molecule has 0 aliphatic rings. The Morgan fingerprint density at radius 3 is 2.79 bits per heavy atom. The molecule has 0 aromatic heterocycles. The normalized spacial score (nSPS) is 12.3. The van der Waals surface area contributed by atoms with Gasteiger partial charge in [0.1, 0.15) is 5.38 Å². The number of anilines is 1. The summed E-state index contributed by atoms with van der Waals surface area (Å²) in [5, 5.41) is 2.59. The van der Waals surface area contributed by atoms with Crippen LogP contribution < -0.4 is 5.32 Å². The molecule has 1 N–H and O–H groups in total. The van der Waals surface area contributed by atoms with Crippen LogP contribution >= 0.6 is 45.8 Å². The zero-order chi connectivity index (χ0) is 10.7. The van der Waals surface area contributed by atoms with Gasteiger partial charge in [-0.05, 0) is 47.7 Å². The van der Waals surface area contributed by atoms with E-state index in [1.54, 1.807) is 19.1 Å². The van der Waals surface area contributed by atoms with Gasteiger partial charge in [-0.2, -0.15) is 0 Å². The van der Waals surface area contributed by atoms with Gasteiger partial charge < -0.3 is 5.32 Å². The summed E-state index contributed by atoms with van der Waals surface area (Å²) in [6.07, 6.45) is 0. The standard InChI is InChI=1S/C9H8Cl2INO/c1-5(10)9(14)13-8-4-6(12)2-3-7(8)11/h2-5H,1H3,(H,13,14). The van der Waals surface area contributed by atoms with E-state index in [0.717, 1.165) is 3.57 Å². The van der Waals surface area contributed by atoms with Crippen molar-refractivity contribution in [2.45, 2.75) is 12.3 Å². The SMILES string of the molecule is CC(Cl)C(=O)Nc1cc(I)ccc1Cl. The third kappa shape index (κ3) is 3.29. The zero-order valence-corrected chi connectivity index (χ0v) is 11.0. The molecule has 1 amide bonds. The topological polar surface area (TPSA) is 29.1 Å². The molecule has 0 aliphatic heterocycles. The Morgan fingerprint density at radius 2 is 2.21 bits per heavy atom. The van der Waals surface area contributed by atoms with Crippen LogP contribution in [0, 0.1) is 3.57 Å². The fraction of sp³-hybridized carbons (Fsp3) is 0.222. The van der Waals surface area contributed by atoms with Crippen LogP contribution in [0.4, 0.5) is 5.69 Å². The van der Waals surface area contributed by atoms with Crippen molar-refractivity contribution in [2.24, 2.45) is 0 Å². The van der Waals surface area contributed by atoms with E-state index in [9.17, 15) is 4.79 Å². The first kappa shape index (κ1) is 12.1. The molecule has 0 saturated carbocycles. The number of benzene rings is 1. The molecule has 1 rings (SSSR count). The number of nitrogens with one attached hydrogen (secondary N) is 1. The number of amides is 1. The molecule has 5 heteroatoms. The van der Waals surface area contributed by atoms with Crippen LogP contribution in [0.15, 0.2) is 18.2 Å². The minimum Gasteiger partial charge on any atom is -0.323 e. The first-order valence-corrected chi connectivity index (χ1v) is 5.80. The highest BCUT2D eigenvalue weighted by atomic mass is 127. The molecule has 0 fully saturated rings. The van der Waals surface area contributed by atoms with E-state index in [1.165, 1.54) is 0 Å². The maximum Gasteiger partial charge on any atom is 0.242 e. The second-order valence-electron chi connectivity index (χ2n) is 2.73. The van der Waals surface area contributed by atoms with Gasteiger partial charge in [-0.1, -0.05) is 11.6 Å². The van der Waals surface area contributed by atoms with E-state index in [1.807, 2.05) is 6.07 Å². The highest BCUT2D eigenvalue weighted by Gasteiger charge is 2.11. The zero-order valence-electron chi connectivity index (χ0n) is 7.35. The minimum atomic E-state index is -0.566. The maximum absolute atomic E-state index is 11.3. The number of carbonyl (C=O) groups excluding carboxylic acids is 1. The highest BCUT2D eigenvalue weighted by Crippen LogP contribution is 2.24. The second kappa shape index (κ2) is 5.19. The predicted molar refractivity (Wildman–Crippen MR) is 68.1 cm³/mol. The molecule has 0 spiro atoms. The molecule has 0 heterocycles. The van der Waals surface area contributed by atoms with Gasteiger partial charge in [0.25, 0.3) is 0 Å². The van der Waals surface area contributed by atoms with Crippen molar-refractivity contribution in [1.29, 1.82) is 0 Å². The number of carbonyl (C=O) groups is 1. The quantitative estimate of drug-likeness (QED) is 0.646. The van der Waals surface area contributed by atoms with Crippen LogP contribution in [-0.2, 0) is 4.79 Å². The van der Waals surface area contributed by atoms with Gasteiger partial charge in [0, 0.05) is 3.57 Å².